The largest absolute Gasteiger partial charge is 0.368 e. The van der Waals surface area contributed by atoms with E-state index < -0.39 is 0 Å². The summed E-state index contributed by atoms with van der Waals surface area (Å²) < 4.78 is 2.07. The summed E-state index contributed by atoms with van der Waals surface area (Å²) in [6.45, 7) is 7.61. The van der Waals surface area contributed by atoms with Crippen molar-refractivity contribution in [3.05, 3.63) is 57.1 Å². The Balaban J connectivity index is 1.82. The van der Waals surface area contributed by atoms with Crippen LogP contribution in [-0.4, -0.2) is 27.9 Å². The molecule has 3 heterocycles. The lowest BCUT2D eigenvalue weighted by Crippen LogP contribution is -2.26. The van der Waals surface area contributed by atoms with E-state index in [0.717, 1.165) is 53.1 Å². The second kappa shape index (κ2) is 6.03. The fraction of sp³-hybridized carbons (Fsp3) is 0.350. The highest BCUT2D eigenvalue weighted by Crippen LogP contribution is 2.34. The standard InChI is InChI=1S/C20H21N5O/c1-12-4-5-18-16(8-12)19(17(10-21)20(26)22-18)24-7-6-15(11-24)25-14(3)9-13(2)23-25/h4-5,8-9,15H,6-7,11H2,1-3H3,(H,22,26)/t15-/m1/s1. The van der Waals surface area contributed by atoms with Gasteiger partial charge in [-0.25, -0.2) is 0 Å². The quantitative estimate of drug-likeness (QED) is 0.773. The van der Waals surface area contributed by atoms with Gasteiger partial charge in [0.25, 0.3) is 5.56 Å². The Labute approximate surface area is 151 Å². The molecule has 1 aliphatic heterocycles. The van der Waals surface area contributed by atoms with Crippen LogP contribution in [0.4, 0.5) is 5.69 Å². The Hall–Kier alpha value is -3.07. The molecule has 0 amide bonds. The number of nitriles is 1. The highest BCUT2D eigenvalue weighted by Gasteiger charge is 2.29. The van der Waals surface area contributed by atoms with E-state index in [1.54, 1.807) is 0 Å². The molecule has 6 nitrogen and oxygen atoms in total. The van der Waals surface area contributed by atoms with Crippen LogP contribution >= 0.6 is 0 Å². The molecule has 0 radical (unpaired) electrons. The van der Waals surface area contributed by atoms with Crippen LogP contribution in [0.15, 0.2) is 29.1 Å². The number of aromatic amines is 1. The van der Waals surface area contributed by atoms with Crippen molar-refractivity contribution >= 4 is 16.6 Å². The number of hydrogen-bond acceptors (Lipinski definition) is 4. The summed E-state index contributed by atoms with van der Waals surface area (Å²) in [5, 5.41) is 15.1. The fourth-order valence-corrected chi connectivity index (χ4v) is 3.98. The molecule has 26 heavy (non-hydrogen) atoms. The third-order valence-electron chi connectivity index (χ3n) is 5.12. The monoisotopic (exact) mass is 347 g/mol. The molecule has 132 valence electrons. The number of H-pyrrole nitrogens is 1. The molecule has 1 aromatic carbocycles. The lowest BCUT2D eigenvalue weighted by atomic mass is 10.1. The molecule has 0 bridgehead atoms. The van der Waals surface area contributed by atoms with Crippen molar-refractivity contribution in [2.45, 2.75) is 33.2 Å². The molecule has 4 rings (SSSR count). The van der Waals surface area contributed by atoms with Gasteiger partial charge in [-0.3, -0.25) is 9.48 Å². The molecule has 6 heteroatoms. The summed E-state index contributed by atoms with van der Waals surface area (Å²) in [7, 11) is 0. The fourth-order valence-electron chi connectivity index (χ4n) is 3.98. The van der Waals surface area contributed by atoms with Gasteiger partial charge < -0.3 is 9.88 Å². The first-order chi connectivity index (χ1) is 12.5. The van der Waals surface area contributed by atoms with E-state index in [9.17, 15) is 10.1 Å². The summed E-state index contributed by atoms with van der Waals surface area (Å²) in [6, 6.07) is 10.4. The van der Waals surface area contributed by atoms with Crippen molar-refractivity contribution in [2.24, 2.45) is 0 Å². The highest BCUT2D eigenvalue weighted by molar-refractivity contribution is 5.95. The van der Waals surface area contributed by atoms with Crippen LogP contribution in [0.2, 0.25) is 0 Å². The summed E-state index contributed by atoms with van der Waals surface area (Å²) in [6.07, 6.45) is 0.937. The summed E-state index contributed by atoms with van der Waals surface area (Å²) in [5.41, 5.74) is 4.63. The third kappa shape index (κ3) is 2.57. The van der Waals surface area contributed by atoms with Gasteiger partial charge in [0.05, 0.1) is 22.9 Å². The zero-order valence-corrected chi connectivity index (χ0v) is 15.2. The van der Waals surface area contributed by atoms with Crippen LogP contribution in [0.1, 0.15) is 35.0 Å². The molecule has 0 saturated carbocycles. The third-order valence-corrected chi connectivity index (χ3v) is 5.12. The molecule has 1 saturated heterocycles. The van der Waals surface area contributed by atoms with Crippen LogP contribution in [0.3, 0.4) is 0 Å². The van der Waals surface area contributed by atoms with Gasteiger partial charge in [-0.2, -0.15) is 10.4 Å². The Bertz CT molecular complexity index is 1100. The van der Waals surface area contributed by atoms with E-state index in [0.29, 0.717) is 0 Å². The topological polar surface area (TPSA) is 77.7 Å². The molecule has 0 spiro atoms. The van der Waals surface area contributed by atoms with Crippen LogP contribution < -0.4 is 10.5 Å². The van der Waals surface area contributed by atoms with Crippen molar-refractivity contribution < 1.29 is 0 Å². The maximum absolute atomic E-state index is 12.4. The Morgan fingerprint density at radius 3 is 2.77 bits per heavy atom. The van der Waals surface area contributed by atoms with Crippen LogP contribution in [0.5, 0.6) is 0 Å². The minimum atomic E-state index is -0.326. The molecular weight excluding hydrogens is 326 g/mol. The van der Waals surface area contributed by atoms with E-state index in [1.807, 2.05) is 32.0 Å². The first-order valence-electron chi connectivity index (χ1n) is 8.82. The summed E-state index contributed by atoms with van der Waals surface area (Å²) >= 11 is 0. The first kappa shape index (κ1) is 16.4. The summed E-state index contributed by atoms with van der Waals surface area (Å²) in [5.74, 6) is 0. The van der Waals surface area contributed by atoms with Gasteiger partial charge in [0.15, 0.2) is 0 Å². The van der Waals surface area contributed by atoms with Crippen molar-refractivity contribution in [1.82, 2.24) is 14.8 Å². The van der Waals surface area contributed by atoms with Gasteiger partial charge in [-0.1, -0.05) is 11.6 Å². The lowest BCUT2D eigenvalue weighted by molar-refractivity contribution is 0.481. The average Bonchev–Trinajstić information content (AvgIpc) is 3.20. The second-order valence-electron chi connectivity index (χ2n) is 7.10. The molecule has 0 unspecified atom stereocenters. The SMILES string of the molecule is Cc1ccc2[nH]c(=O)c(C#N)c(N3CC[C@@H](n4nc(C)cc4C)C3)c2c1. The number of anilines is 1. The van der Waals surface area contributed by atoms with Crippen molar-refractivity contribution in [3.63, 3.8) is 0 Å². The number of rotatable bonds is 2. The van der Waals surface area contributed by atoms with Gasteiger partial charge in [0.1, 0.15) is 11.6 Å². The van der Waals surface area contributed by atoms with Crippen molar-refractivity contribution in [2.75, 3.05) is 18.0 Å². The predicted molar refractivity (Wildman–Crippen MR) is 102 cm³/mol. The molecule has 1 aliphatic rings. The molecular formula is C20H21N5O. The number of benzene rings is 1. The number of nitrogens with one attached hydrogen (secondary N) is 1. The Kier molecular flexibility index (Phi) is 3.80. The number of pyridine rings is 1. The van der Waals surface area contributed by atoms with E-state index in [-0.39, 0.29) is 17.2 Å². The van der Waals surface area contributed by atoms with Gasteiger partial charge >= 0.3 is 0 Å². The minimum Gasteiger partial charge on any atom is -0.368 e. The maximum atomic E-state index is 12.4. The number of nitrogens with zero attached hydrogens (tertiary/aromatic N) is 4. The molecule has 2 aromatic heterocycles. The predicted octanol–water partition coefficient (Wildman–Crippen LogP) is 2.97. The van der Waals surface area contributed by atoms with E-state index >= 15 is 0 Å². The normalized spacial score (nSPS) is 17.0. The van der Waals surface area contributed by atoms with E-state index in [4.69, 9.17) is 0 Å². The van der Waals surface area contributed by atoms with E-state index in [2.05, 4.69) is 38.7 Å². The summed E-state index contributed by atoms with van der Waals surface area (Å²) in [4.78, 5) is 17.4. The van der Waals surface area contributed by atoms with Crippen LogP contribution in [0, 0.1) is 32.1 Å². The Morgan fingerprint density at radius 2 is 2.08 bits per heavy atom. The molecule has 3 aromatic rings. The van der Waals surface area contributed by atoms with Crippen LogP contribution in [0.25, 0.3) is 10.9 Å². The molecule has 0 aliphatic carbocycles. The van der Waals surface area contributed by atoms with Crippen molar-refractivity contribution in [1.29, 1.82) is 5.26 Å². The van der Waals surface area contributed by atoms with Gasteiger partial charge in [0.2, 0.25) is 0 Å². The lowest BCUT2D eigenvalue weighted by Gasteiger charge is -2.22. The highest BCUT2D eigenvalue weighted by atomic mass is 16.1. The molecule has 1 fully saturated rings. The minimum absolute atomic E-state index is 0.192. The van der Waals surface area contributed by atoms with Crippen molar-refractivity contribution in [3.8, 4) is 6.07 Å². The number of hydrogen-bond donors (Lipinski definition) is 1. The van der Waals surface area contributed by atoms with Gasteiger partial charge in [-0.05, 0) is 45.4 Å². The molecule has 1 N–H and O–H groups in total. The van der Waals surface area contributed by atoms with Gasteiger partial charge in [-0.15, -0.1) is 0 Å². The first-order valence-corrected chi connectivity index (χ1v) is 8.82. The number of aryl methyl sites for hydroxylation is 3. The number of aromatic nitrogens is 3. The molecule has 1 atom stereocenters. The van der Waals surface area contributed by atoms with Crippen LogP contribution in [-0.2, 0) is 0 Å². The zero-order chi connectivity index (χ0) is 18.4. The maximum Gasteiger partial charge on any atom is 0.268 e. The average molecular weight is 347 g/mol. The smallest absolute Gasteiger partial charge is 0.268 e. The zero-order valence-electron chi connectivity index (χ0n) is 15.2. The second-order valence-corrected chi connectivity index (χ2v) is 7.10. The Morgan fingerprint density at radius 1 is 1.27 bits per heavy atom. The number of fused-ring (bicyclic) bond motifs is 1. The van der Waals surface area contributed by atoms with Gasteiger partial charge in [0, 0.05) is 24.2 Å². The van der Waals surface area contributed by atoms with E-state index in [1.165, 1.54) is 0 Å².